The first kappa shape index (κ1) is 14.2. The monoisotopic (exact) mass is 256 g/mol. The van der Waals surface area contributed by atoms with Crippen LogP contribution in [0.15, 0.2) is 30.3 Å². The summed E-state index contributed by atoms with van der Waals surface area (Å²) in [5.74, 6) is 0.180. The predicted molar refractivity (Wildman–Crippen MR) is 70.5 cm³/mol. The molecule has 0 aliphatic rings. The Kier molecular flexibility index (Phi) is 5.61. The van der Waals surface area contributed by atoms with Gasteiger partial charge in [0.2, 0.25) is 0 Å². The third-order valence-electron chi connectivity index (χ3n) is 2.47. The average Bonchev–Trinajstić information content (AvgIpc) is 2.27. The van der Waals surface area contributed by atoms with Crippen molar-refractivity contribution in [1.29, 1.82) is 0 Å². The minimum absolute atomic E-state index is 0.180. The third-order valence-corrected chi connectivity index (χ3v) is 3.40. The Bertz CT molecular complexity index is 417. The molecular formula is C12H20N2O2S. The normalized spacial score (nSPS) is 11.9. The van der Waals surface area contributed by atoms with E-state index in [1.165, 1.54) is 11.8 Å². The summed E-state index contributed by atoms with van der Waals surface area (Å²) in [5.41, 5.74) is 6.71. The Morgan fingerprint density at radius 3 is 2.35 bits per heavy atom. The van der Waals surface area contributed by atoms with E-state index in [0.717, 1.165) is 6.54 Å². The molecule has 0 saturated carbocycles. The fraction of sp³-hybridized carbons (Fsp3) is 0.500. The van der Waals surface area contributed by atoms with Crippen LogP contribution in [0.3, 0.4) is 0 Å². The number of benzene rings is 1. The number of rotatable bonds is 7. The quantitative estimate of drug-likeness (QED) is 0.771. The molecule has 17 heavy (non-hydrogen) atoms. The Balaban J connectivity index is 2.54. The van der Waals surface area contributed by atoms with Gasteiger partial charge in [0.15, 0.2) is 0 Å². The molecule has 1 aromatic rings. The number of hydrogen-bond acceptors (Lipinski definition) is 4. The van der Waals surface area contributed by atoms with E-state index in [1.807, 2.05) is 30.3 Å². The van der Waals surface area contributed by atoms with Crippen LogP contribution in [0.2, 0.25) is 0 Å². The first-order valence-corrected chi connectivity index (χ1v) is 7.71. The van der Waals surface area contributed by atoms with Crippen molar-refractivity contribution in [2.75, 3.05) is 31.6 Å². The van der Waals surface area contributed by atoms with Gasteiger partial charge < -0.3 is 5.73 Å². The summed E-state index contributed by atoms with van der Waals surface area (Å²) in [6, 6.07) is 9.99. The first-order chi connectivity index (χ1) is 8.01. The Morgan fingerprint density at radius 2 is 1.82 bits per heavy atom. The summed E-state index contributed by atoms with van der Waals surface area (Å²) in [4.78, 5) is 2.07. The van der Waals surface area contributed by atoms with Crippen molar-refractivity contribution in [3.63, 3.8) is 0 Å². The second kappa shape index (κ2) is 6.74. The average molecular weight is 256 g/mol. The SMILES string of the molecule is CS(=O)(=O)CCN(CCN)Cc1ccccc1. The van der Waals surface area contributed by atoms with Gasteiger partial charge in [0.05, 0.1) is 5.75 Å². The molecule has 0 fully saturated rings. The zero-order valence-electron chi connectivity index (χ0n) is 10.2. The van der Waals surface area contributed by atoms with Crippen molar-refractivity contribution < 1.29 is 8.42 Å². The molecule has 1 aromatic carbocycles. The minimum atomic E-state index is -2.91. The van der Waals surface area contributed by atoms with Crippen LogP contribution in [0.4, 0.5) is 0 Å². The Morgan fingerprint density at radius 1 is 1.18 bits per heavy atom. The van der Waals surface area contributed by atoms with E-state index in [-0.39, 0.29) is 5.75 Å². The van der Waals surface area contributed by atoms with Gasteiger partial charge in [-0.25, -0.2) is 8.42 Å². The highest BCUT2D eigenvalue weighted by molar-refractivity contribution is 7.90. The highest BCUT2D eigenvalue weighted by atomic mass is 32.2. The molecule has 1 rings (SSSR count). The van der Waals surface area contributed by atoms with Crippen LogP contribution >= 0.6 is 0 Å². The molecule has 0 aromatic heterocycles. The molecule has 0 amide bonds. The lowest BCUT2D eigenvalue weighted by Crippen LogP contribution is -2.33. The van der Waals surface area contributed by atoms with Crippen molar-refractivity contribution in [2.24, 2.45) is 5.73 Å². The Labute approximate surface area is 103 Å². The van der Waals surface area contributed by atoms with E-state index in [4.69, 9.17) is 5.73 Å². The van der Waals surface area contributed by atoms with Gasteiger partial charge in [0.25, 0.3) is 0 Å². The largest absolute Gasteiger partial charge is 0.329 e. The van der Waals surface area contributed by atoms with Crippen LogP contribution in [-0.4, -0.2) is 45.0 Å². The van der Waals surface area contributed by atoms with Gasteiger partial charge in [0, 0.05) is 32.4 Å². The maximum Gasteiger partial charge on any atom is 0.148 e. The van der Waals surface area contributed by atoms with Crippen LogP contribution in [0.5, 0.6) is 0 Å². The topological polar surface area (TPSA) is 63.4 Å². The van der Waals surface area contributed by atoms with E-state index in [2.05, 4.69) is 4.90 Å². The second-order valence-corrected chi connectivity index (χ2v) is 6.44. The molecule has 0 aliphatic heterocycles. The van der Waals surface area contributed by atoms with Crippen molar-refractivity contribution in [3.8, 4) is 0 Å². The van der Waals surface area contributed by atoms with Crippen LogP contribution in [0.1, 0.15) is 5.56 Å². The summed E-state index contributed by atoms with van der Waals surface area (Å²) in [6.45, 7) is 2.53. The third kappa shape index (κ3) is 6.41. The van der Waals surface area contributed by atoms with Gasteiger partial charge >= 0.3 is 0 Å². The molecule has 0 unspecified atom stereocenters. The van der Waals surface area contributed by atoms with Gasteiger partial charge in [-0.05, 0) is 5.56 Å². The highest BCUT2D eigenvalue weighted by Gasteiger charge is 2.09. The fourth-order valence-electron chi connectivity index (χ4n) is 1.59. The standard InChI is InChI=1S/C12H20N2O2S/c1-17(15,16)10-9-14(8-7-13)11-12-5-3-2-4-6-12/h2-6H,7-11,13H2,1H3. The maximum atomic E-state index is 11.1. The summed E-state index contributed by atoms with van der Waals surface area (Å²) in [6.07, 6.45) is 1.26. The molecular weight excluding hydrogens is 236 g/mol. The molecule has 96 valence electrons. The van der Waals surface area contributed by atoms with Crippen molar-refractivity contribution >= 4 is 9.84 Å². The van der Waals surface area contributed by atoms with Crippen LogP contribution in [0, 0.1) is 0 Å². The van der Waals surface area contributed by atoms with E-state index in [9.17, 15) is 8.42 Å². The molecule has 0 saturated heterocycles. The molecule has 2 N–H and O–H groups in total. The molecule has 0 bridgehead atoms. The second-order valence-electron chi connectivity index (χ2n) is 4.18. The van der Waals surface area contributed by atoms with Crippen LogP contribution < -0.4 is 5.73 Å². The van der Waals surface area contributed by atoms with Gasteiger partial charge in [-0.2, -0.15) is 0 Å². The van der Waals surface area contributed by atoms with E-state index >= 15 is 0 Å². The predicted octanol–water partition coefficient (Wildman–Crippen LogP) is 0.492. The van der Waals surface area contributed by atoms with E-state index in [1.54, 1.807) is 0 Å². The van der Waals surface area contributed by atoms with Crippen molar-refractivity contribution in [3.05, 3.63) is 35.9 Å². The lowest BCUT2D eigenvalue weighted by Gasteiger charge is -2.21. The zero-order valence-corrected chi connectivity index (χ0v) is 11.0. The molecule has 0 heterocycles. The zero-order chi connectivity index (χ0) is 12.7. The molecule has 0 spiro atoms. The van der Waals surface area contributed by atoms with Gasteiger partial charge in [-0.1, -0.05) is 30.3 Å². The molecule has 4 nitrogen and oxygen atoms in total. The van der Waals surface area contributed by atoms with E-state index < -0.39 is 9.84 Å². The van der Waals surface area contributed by atoms with Crippen LogP contribution in [-0.2, 0) is 16.4 Å². The molecule has 0 radical (unpaired) electrons. The summed E-state index contributed by atoms with van der Waals surface area (Å²) in [7, 11) is -2.91. The minimum Gasteiger partial charge on any atom is -0.329 e. The lowest BCUT2D eigenvalue weighted by molar-refractivity contribution is 0.289. The number of sulfone groups is 1. The highest BCUT2D eigenvalue weighted by Crippen LogP contribution is 2.04. The molecule has 0 aliphatic carbocycles. The molecule has 5 heteroatoms. The van der Waals surface area contributed by atoms with Gasteiger partial charge in [-0.15, -0.1) is 0 Å². The first-order valence-electron chi connectivity index (χ1n) is 5.65. The number of hydrogen-bond donors (Lipinski definition) is 1. The van der Waals surface area contributed by atoms with Gasteiger partial charge in [-0.3, -0.25) is 4.90 Å². The van der Waals surface area contributed by atoms with E-state index in [0.29, 0.717) is 19.6 Å². The smallest absolute Gasteiger partial charge is 0.148 e. The number of nitrogens with zero attached hydrogens (tertiary/aromatic N) is 1. The number of nitrogens with two attached hydrogens (primary N) is 1. The Hall–Kier alpha value is -0.910. The fourth-order valence-corrected chi connectivity index (χ4v) is 2.18. The molecule has 0 atom stereocenters. The summed E-state index contributed by atoms with van der Waals surface area (Å²) in [5, 5.41) is 0. The summed E-state index contributed by atoms with van der Waals surface area (Å²) >= 11 is 0. The van der Waals surface area contributed by atoms with Crippen LogP contribution in [0.25, 0.3) is 0 Å². The summed E-state index contributed by atoms with van der Waals surface area (Å²) < 4.78 is 22.3. The van der Waals surface area contributed by atoms with Gasteiger partial charge in [0.1, 0.15) is 9.84 Å². The lowest BCUT2D eigenvalue weighted by atomic mass is 10.2. The van der Waals surface area contributed by atoms with Crippen molar-refractivity contribution in [2.45, 2.75) is 6.54 Å². The van der Waals surface area contributed by atoms with Crippen molar-refractivity contribution in [1.82, 2.24) is 4.90 Å². The maximum absolute atomic E-state index is 11.1.